The highest BCUT2D eigenvalue weighted by atomic mass is 32.2. The first kappa shape index (κ1) is 15.5. The Balaban J connectivity index is 2.22. The van der Waals surface area contributed by atoms with Crippen LogP contribution in [0.1, 0.15) is 15.9 Å². The Labute approximate surface area is 133 Å². The predicted octanol–water partition coefficient (Wildman–Crippen LogP) is 3.49. The monoisotopic (exact) mass is 316 g/mol. The summed E-state index contributed by atoms with van der Waals surface area (Å²) < 4.78 is 0. The number of hydrogen-bond acceptors (Lipinski definition) is 3. The van der Waals surface area contributed by atoms with Crippen molar-refractivity contribution in [3.63, 3.8) is 0 Å². The number of rotatable bonds is 5. The highest BCUT2D eigenvalue weighted by Crippen LogP contribution is 2.20. The molecule has 0 aliphatic heterocycles. The molecule has 2 aromatic rings. The molecule has 21 heavy (non-hydrogen) atoms. The van der Waals surface area contributed by atoms with Gasteiger partial charge in [-0.2, -0.15) is 0 Å². The van der Waals surface area contributed by atoms with Crippen molar-refractivity contribution in [2.45, 2.75) is 11.3 Å². The van der Waals surface area contributed by atoms with Gasteiger partial charge in [-0.05, 0) is 36.1 Å². The van der Waals surface area contributed by atoms with Gasteiger partial charge in [0.2, 0.25) is 0 Å². The molecule has 108 valence electrons. The van der Waals surface area contributed by atoms with E-state index < -0.39 is 0 Å². The Morgan fingerprint density at radius 2 is 2.00 bits per heavy atom. The van der Waals surface area contributed by atoms with E-state index in [0.717, 1.165) is 16.1 Å². The topological polar surface area (TPSA) is 55.1 Å². The number of carbonyl (C=O) groups is 1. The Kier molecular flexibility index (Phi) is 5.36. The van der Waals surface area contributed by atoms with Crippen LogP contribution >= 0.6 is 24.0 Å². The van der Waals surface area contributed by atoms with Gasteiger partial charge in [-0.15, -0.1) is 11.8 Å². The fourth-order valence-electron chi connectivity index (χ4n) is 1.98. The van der Waals surface area contributed by atoms with Gasteiger partial charge in [0, 0.05) is 22.6 Å². The first-order chi connectivity index (χ1) is 10.1. The second-order valence-corrected chi connectivity index (χ2v) is 5.89. The maximum atomic E-state index is 12.4. The molecule has 0 saturated heterocycles. The van der Waals surface area contributed by atoms with E-state index in [1.807, 2.05) is 48.7 Å². The largest absolute Gasteiger partial charge is 0.393 e. The molecule has 0 bridgehead atoms. The second kappa shape index (κ2) is 7.24. The molecule has 2 rings (SSSR count). The number of nitrogens with one attached hydrogen (secondary N) is 1. The van der Waals surface area contributed by atoms with Crippen LogP contribution in [0.2, 0.25) is 0 Å². The minimum absolute atomic E-state index is 0.153. The number of nitrogens with two attached hydrogens (primary N) is 1. The van der Waals surface area contributed by atoms with E-state index in [1.165, 1.54) is 0 Å². The van der Waals surface area contributed by atoms with Crippen molar-refractivity contribution in [1.82, 2.24) is 0 Å². The summed E-state index contributed by atoms with van der Waals surface area (Å²) >= 11 is 6.56. The second-order valence-electron chi connectivity index (χ2n) is 4.49. The van der Waals surface area contributed by atoms with Crippen molar-refractivity contribution < 1.29 is 4.79 Å². The third-order valence-corrected chi connectivity index (χ3v) is 3.82. The maximum absolute atomic E-state index is 12.4. The van der Waals surface area contributed by atoms with Gasteiger partial charge in [0.1, 0.15) is 0 Å². The van der Waals surface area contributed by atoms with E-state index in [9.17, 15) is 4.79 Å². The number of hydrogen-bond donors (Lipinski definition) is 2. The molecule has 3 nitrogen and oxygen atoms in total. The van der Waals surface area contributed by atoms with Crippen molar-refractivity contribution in [3.05, 3.63) is 59.7 Å². The third kappa shape index (κ3) is 4.31. The highest BCUT2D eigenvalue weighted by molar-refractivity contribution is 7.98. The van der Waals surface area contributed by atoms with Crippen LogP contribution in [0.15, 0.2) is 53.4 Å². The summed E-state index contributed by atoms with van der Waals surface area (Å²) in [5.41, 5.74) is 7.79. The Bertz CT molecular complexity index is 671. The van der Waals surface area contributed by atoms with E-state index in [-0.39, 0.29) is 5.91 Å². The first-order valence-corrected chi connectivity index (χ1v) is 8.05. The van der Waals surface area contributed by atoms with E-state index in [1.54, 1.807) is 17.8 Å². The van der Waals surface area contributed by atoms with Crippen molar-refractivity contribution in [1.29, 1.82) is 0 Å². The number of thioether (sulfide) groups is 1. The third-order valence-electron chi connectivity index (χ3n) is 2.95. The van der Waals surface area contributed by atoms with Gasteiger partial charge in [-0.25, -0.2) is 0 Å². The van der Waals surface area contributed by atoms with Crippen LogP contribution in [0.4, 0.5) is 5.69 Å². The van der Waals surface area contributed by atoms with Gasteiger partial charge < -0.3 is 11.1 Å². The molecule has 0 heterocycles. The van der Waals surface area contributed by atoms with E-state index in [2.05, 4.69) is 5.32 Å². The molecule has 0 atom stereocenters. The molecule has 0 aliphatic rings. The molecule has 2 aromatic carbocycles. The summed E-state index contributed by atoms with van der Waals surface area (Å²) in [4.78, 5) is 13.9. The first-order valence-electron chi connectivity index (χ1n) is 6.42. The van der Waals surface area contributed by atoms with Crippen molar-refractivity contribution in [3.8, 4) is 0 Å². The molecule has 0 spiro atoms. The summed E-state index contributed by atoms with van der Waals surface area (Å²) in [5, 5.41) is 2.91. The van der Waals surface area contributed by atoms with Gasteiger partial charge in [-0.1, -0.05) is 36.5 Å². The van der Waals surface area contributed by atoms with E-state index in [0.29, 0.717) is 17.0 Å². The number of anilines is 1. The van der Waals surface area contributed by atoms with Gasteiger partial charge >= 0.3 is 0 Å². The van der Waals surface area contributed by atoms with Crippen LogP contribution in [0, 0.1) is 0 Å². The summed E-state index contributed by atoms with van der Waals surface area (Å²) in [5.74, 6) is -0.153. The molecule has 1 amide bonds. The summed E-state index contributed by atoms with van der Waals surface area (Å²) in [6.07, 6.45) is 2.42. The number of benzene rings is 2. The molecule has 5 heteroatoms. The highest BCUT2D eigenvalue weighted by Gasteiger charge is 2.11. The van der Waals surface area contributed by atoms with Crippen molar-refractivity contribution in [2.75, 3.05) is 11.6 Å². The molecule has 0 fully saturated rings. The molecule has 0 aliphatic carbocycles. The molecule has 0 saturated carbocycles. The lowest BCUT2D eigenvalue weighted by Crippen LogP contribution is -2.18. The van der Waals surface area contributed by atoms with Crippen LogP contribution in [0.25, 0.3) is 0 Å². The van der Waals surface area contributed by atoms with Gasteiger partial charge in [0.05, 0.1) is 4.99 Å². The number of amides is 1. The molecular weight excluding hydrogens is 300 g/mol. The van der Waals surface area contributed by atoms with Crippen LogP contribution in [0.5, 0.6) is 0 Å². The van der Waals surface area contributed by atoms with Crippen LogP contribution in [-0.4, -0.2) is 17.2 Å². The molecular formula is C16H16N2OS2. The molecule has 0 unspecified atom stereocenters. The number of thiocarbonyl (C=S) groups is 1. The average Bonchev–Trinajstić information content (AvgIpc) is 2.47. The van der Waals surface area contributed by atoms with Crippen LogP contribution < -0.4 is 11.1 Å². The lowest BCUT2D eigenvalue weighted by atomic mass is 10.0. The summed E-state index contributed by atoms with van der Waals surface area (Å²) in [6, 6.07) is 15.1. The number of carbonyl (C=O) groups excluding carboxylic acids is 1. The molecule has 3 N–H and O–H groups in total. The quantitative estimate of drug-likeness (QED) is 0.655. The van der Waals surface area contributed by atoms with Crippen LogP contribution in [0.3, 0.4) is 0 Å². The zero-order chi connectivity index (χ0) is 15.2. The van der Waals surface area contributed by atoms with Gasteiger partial charge in [0.15, 0.2) is 0 Å². The van der Waals surface area contributed by atoms with Crippen molar-refractivity contribution in [2.24, 2.45) is 5.73 Å². The minimum Gasteiger partial charge on any atom is -0.393 e. The fraction of sp³-hybridized carbons (Fsp3) is 0.125. The average molecular weight is 316 g/mol. The summed E-state index contributed by atoms with van der Waals surface area (Å²) in [6.45, 7) is 0. The normalized spacial score (nSPS) is 10.1. The van der Waals surface area contributed by atoms with Crippen molar-refractivity contribution >= 4 is 40.6 Å². The lowest BCUT2D eigenvalue weighted by molar-refractivity contribution is 0.102. The fourth-order valence-corrected chi connectivity index (χ4v) is 2.60. The van der Waals surface area contributed by atoms with Gasteiger partial charge in [0.25, 0.3) is 5.91 Å². The van der Waals surface area contributed by atoms with E-state index >= 15 is 0 Å². The Hall–Kier alpha value is -1.85. The van der Waals surface area contributed by atoms with Gasteiger partial charge in [-0.3, -0.25) is 4.79 Å². The SMILES string of the molecule is CSc1cccc(NC(=O)c2ccccc2CC(N)=S)c1. The Morgan fingerprint density at radius 3 is 2.71 bits per heavy atom. The zero-order valence-electron chi connectivity index (χ0n) is 11.6. The standard InChI is InChI=1S/C16H16N2OS2/c1-21-13-7-4-6-12(10-13)18-16(19)14-8-3-2-5-11(14)9-15(17)20/h2-8,10H,9H2,1H3,(H2,17,20)(H,18,19). The lowest BCUT2D eigenvalue weighted by Gasteiger charge is -2.10. The molecule has 0 radical (unpaired) electrons. The maximum Gasteiger partial charge on any atom is 0.255 e. The summed E-state index contributed by atoms with van der Waals surface area (Å²) in [7, 11) is 0. The van der Waals surface area contributed by atoms with E-state index in [4.69, 9.17) is 18.0 Å². The Morgan fingerprint density at radius 1 is 1.24 bits per heavy atom. The smallest absolute Gasteiger partial charge is 0.255 e. The van der Waals surface area contributed by atoms with Crippen LogP contribution in [-0.2, 0) is 6.42 Å². The predicted molar refractivity (Wildman–Crippen MR) is 93.1 cm³/mol. The zero-order valence-corrected chi connectivity index (χ0v) is 13.3. The minimum atomic E-state index is -0.153. The molecule has 0 aromatic heterocycles.